The molecule has 142 valence electrons. The molecular weight excluding hydrogens is 369 g/mol. The van der Waals surface area contributed by atoms with Gasteiger partial charge in [0.05, 0.1) is 6.04 Å². The lowest BCUT2D eigenvalue weighted by Gasteiger charge is -2.21. The van der Waals surface area contributed by atoms with Crippen molar-refractivity contribution in [3.05, 3.63) is 83.2 Å². The molecule has 5 nitrogen and oxygen atoms in total. The average Bonchev–Trinajstić information content (AvgIpc) is 3.07. The third-order valence-corrected chi connectivity index (χ3v) is 4.36. The van der Waals surface area contributed by atoms with Crippen LogP contribution in [-0.2, 0) is 7.05 Å². The number of rotatable bonds is 8. The number of imidazole rings is 1. The fourth-order valence-electron chi connectivity index (χ4n) is 2.74. The van der Waals surface area contributed by atoms with Crippen LogP contribution >= 0.6 is 11.6 Å². The van der Waals surface area contributed by atoms with Crippen LogP contribution in [0.5, 0.6) is 5.75 Å². The minimum atomic E-state index is -0.753. The molecule has 1 heterocycles. The molecule has 0 saturated heterocycles. The van der Waals surface area contributed by atoms with Gasteiger partial charge in [-0.2, -0.15) is 0 Å². The lowest BCUT2D eigenvalue weighted by atomic mass is 10.1. The Bertz CT molecular complexity index is 870. The van der Waals surface area contributed by atoms with E-state index in [9.17, 15) is 9.50 Å². The predicted molar refractivity (Wildman–Crippen MR) is 102 cm³/mol. The van der Waals surface area contributed by atoms with Crippen molar-refractivity contribution in [1.82, 2.24) is 14.9 Å². The number of hydrogen-bond donors (Lipinski definition) is 2. The van der Waals surface area contributed by atoms with Gasteiger partial charge in [-0.1, -0.05) is 23.7 Å². The maximum atomic E-state index is 13.7. The van der Waals surface area contributed by atoms with Gasteiger partial charge in [-0.15, -0.1) is 0 Å². The minimum absolute atomic E-state index is 0.116. The normalized spacial score (nSPS) is 13.3. The molecule has 0 amide bonds. The summed E-state index contributed by atoms with van der Waals surface area (Å²) in [6.45, 7) is 0.368. The first-order valence-electron chi connectivity index (χ1n) is 8.55. The van der Waals surface area contributed by atoms with Crippen molar-refractivity contribution in [3.8, 4) is 5.75 Å². The second-order valence-electron chi connectivity index (χ2n) is 6.21. The summed E-state index contributed by atoms with van der Waals surface area (Å²) >= 11 is 5.84. The van der Waals surface area contributed by atoms with E-state index in [2.05, 4.69) is 10.3 Å². The van der Waals surface area contributed by atoms with Crippen molar-refractivity contribution in [2.45, 2.75) is 12.1 Å². The average molecular weight is 390 g/mol. The third kappa shape index (κ3) is 5.29. The van der Waals surface area contributed by atoms with Gasteiger partial charge in [0, 0.05) is 31.0 Å². The maximum absolute atomic E-state index is 13.7. The number of hydrogen-bond acceptors (Lipinski definition) is 4. The number of ether oxygens (including phenoxy) is 1. The summed E-state index contributed by atoms with van der Waals surface area (Å²) in [5.74, 6) is 1.04. The van der Waals surface area contributed by atoms with E-state index in [1.807, 2.05) is 23.9 Å². The van der Waals surface area contributed by atoms with E-state index in [0.29, 0.717) is 10.8 Å². The molecule has 3 aromatic rings. The number of nitrogens with zero attached hydrogens (tertiary/aromatic N) is 2. The summed E-state index contributed by atoms with van der Waals surface area (Å²) in [5, 5.41) is 14.1. The van der Waals surface area contributed by atoms with E-state index < -0.39 is 6.10 Å². The molecule has 0 aliphatic rings. The summed E-state index contributed by atoms with van der Waals surface area (Å²) in [6.07, 6.45) is 2.75. The fourth-order valence-corrected chi connectivity index (χ4v) is 2.86. The van der Waals surface area contributed by atoms with Crippen LogP contribution in [0.1, 0.15) is 17.4 Å². The molecular formula is C20H21ClFN3O2. The molecule has 0 aliphatic heterocycles. The van der Waals surface area contributed by atoms with Gasteiger partial charge in [0.2, 0.25) is 0 Å². The molecule has 27 heavy (non-hydrogen) atoms. The van der Waals surface area contributed by atoms with E-state index in [-0.39, 0.29) is 25.0 Å². The molecule has 2 unspecified atom stereocenters. The second-order valence-corrected chi connectivity index (χ2v) is 6.65. The van der Waals surface area contributed by atoms with Gasteiger partial charge in [-0.25, -0.2) is 9.37 Å². The number of aliphatic hydroxyl groups excluding tert-OH is 1. The van der Waals surface area contributed by atoms with E-state index >= 15 is 0 Å². The lowest BCUT2D eigenvalue weighted by molar-refractivity contribution is 0.104. The van der Waals surface area contributed by atoms with Gasteiger partial charge in [-0.05, 0) is 42.0 Å². The second kappa shape index (κ2) is 8.99. The van der Waals surface area contributed by atoms with Crippen LogP contribution in [-0.4, -0.2) is 33.9 Å². The summed E-state index contributed by atoms with van der Waals surface area (Å²) in [4.78, 5) is 4.35. The van der Waals surface area contributed by atoms with E-state index in [4.69, 9.17) is 16.3 Å². The quantitative estimate of drug-likeness (QED) is 0.620. The topological polar surface area (TPSA) is 59.3 Å². The van der Waals surface area contributed by atoms with Crippen molar-refractivity contribution in [1.29, 1.82) is 0 Å². The molecule has 0 fully saturated rings. The Morgan fingerprint density at radius 3 is 2.70 bits per heavy atom. The Morgan fingerprint density at radius 1 is 1.26 bits per heavy atom. The van der Waals surface area contributed by atoms with Crippen molar-refractivity contribution in [2.75, 3.05) is 13.2 Å². The highest BCUT2D eigenvalue weighted by atomic mass is 35.5. The van der Waals surface area contributed by atoms with Gasteiger partial charge < -0.3 is 19.7 Å². The number of aromatic nitrogens is 2. The number of benzene rings is 2. The maximum Gasteiger partial charge on any atom is 0.130 e. The summed E-state index contributed by atoms with van der Waals surface area (Å²) < 4.78 is 21.1. The highest BCUT2D eigenvalue weighted by Crippen LogP contribution is 2.21. The summed E-state index contributed by atoms with van der Waals surface area (Å²) in [5.41, 5.74) is 0.732. The number of nitrogens with one attached hydrogen (secondary N) is 1. The molecule has 0 saturated carbocycles. The van der Waals surface area contributed by atoms with Crippen molar-refractivity contribution >= 4 is 11.6 Å². The van der Waals surface area contributed by atoms with E-state index in [1.165, 1.54) is 12.1 Å². The van der Waals surface area contributed by atoms with Gasteiger partial charge in [0.25, 0.3) is 0 Å². The van der Waals surface area contributed by atoms with Crippen LogP contribution in [0.25, 0.3) is 0 Å². The lowest BCUT2D eigenvalue weighted by Crippen LogP contribution is -2.35. The van der Waals surface area contributed by atoms with Crippen LogP contribution in [0.3, 0.4) is 0 Å². The zero-order valence-corrected chi connectivity index (χ0v) is 15.6. The molecule has 7 heteroatoms. The molecule has 3 rings (SSSR count). The summed E-state index contributed by atoms with van der Waals surface area (Å²) in [6, 6.07) is 12.9. The standard InChI is InChI=1S/C20H21ClFN3O2/c1-25-10-9-23-20(25)19(14-3-2-4-16(22)11-14)24-12-17(26)13-27-18-7-5-15(21)6-8-18/h2-11,17,19,24,26H,12-13H2,1H3. The first-order chi connectivity index (χ1) is 13.0. The molecule has 0 bridgehead atoms. The van der Waals surface area contributed by atoms with Gasteiger partial charge >= 0.3 is 0 Å². The Morgan fingerprint density at radius 2 is 2.04 bits per heavy atom. The van der Waals surface area contributed by atoms with Crippen LogP contribution in [0, 0.1) is 5.82 Å². The largest absolute Gasteiger partial charge is 0.491 e. The number of aryl methyl sites for hydroxylation is 1. The first-order valence-corrected chi connectivity index (χ1v) is 8.93. The Labute approximate surface area is 162 Å². The fraction of sp³-hybridized carbons (Fsp3) is 0.250. The number of halogens is 2. The minimum Gasteiger partial charge on any atom is -0.491 e. The molecule has 2 aromatic carbocycles. The van der Waals surface area contributed by atoms with Gasteiger partial charge in [0.1, 0.15) is 30.1 Å². The molecule has 0 aliphatic carbocycles. The first kappa shape index (κ1) is 19.4. The summed E-state index contributed by atoms with van der Waals surface area (Å²) in [7, 11) is 1.87. The van der Waals surface area contributed by atoms with Crippen molar-refractivity contribution in [2.24, 2.45) is 7.05 Å². The Kier molecular flexibility index (Phi) is 6.45. The van der Waals surface area contributed by atoms with E-state index in [1.54, 1.807) is 36.5 Å². The van der Waals surface area contributed by atoms with E-state index in [0.717, 1.165) is 11.4 Å². The number of aliphatic hydroxyl groups is 1. The zero-order chi connectivity index (χ0) is 19.2. The van der Waals surface area contributed by atoms with Crippen LogP contribution in [0.4, 0.5) is 4.39 Å². The predicted octanol–water partition coefficient (Wildman–Crippen LogP) is 3.33. The molecule has 2 atom stereocenters. The Hall–Kier alpha value is -2.41. The monoisotopic (exact) mass is 389 g/mol. The molecule has 0 radical (unpaired) electrons. The van der Waals surface area contributed by atoms with Gasteiger partial charge in [-0.3, -0.25) is 0 Å². The third-order valence-electron chi connectivity index (χ3n) is 4.11. The Balaban J connectivity index is 1.64. The van der Waals surface area contributed by atoms with Crippen LogP contribution in [0.2, 0.25) is 5.02 Å². The van der Waals surface area contributed by atoms with Crippen LogP contribution in [0.15, 0.2) is 60.9 Å². The van der Waals surface area contributed by atoms with Crippen molar-refractivity contribution < 1.29 is 14.2 Å². The molecule has 0 spiro atoms. The SMILES string of the molecule is Cn1ccnc1C(NCC(O)COc1ccc(Cl)cc1)c1cccc(F)c1. The zero-order valence-electron chi connectivity index (χ0n) is 14.8. The van der Waals surface area contributed by atoms with Crippen LogP contribution < -0.4 is 10.1 Å². The molecule has 2 N–H and O–H groups in total. The highest BCUT2D eigenvalue weighted by molar-refractivity contribution is 6.30. The highest BCUT2D eigenvalue weighted by Gasteiger charge is 2.20. The van der Waals surface area contributed by atoms with Crippen molar-refractivity contribution in [3.63, 3.8) is 0 Å². The van der Waals surface area contributed by atoms with Gasteiger partial charge in [0.15, 0.2) is 0 Å². The smallest absolute Gasteiger partial charge is 0.130 e. The molecule has 1 aromatic heterocycles.